The molecule has 98 valence electrons. The number of hydrogen-bond acceptors (Lipinski definition) is 4. The van der Waals surface area contributed by atoms with E-state index in [1.165, 1.54) is 24.2 Å². The van der Waals surface area contributed by atoms with Gasteiger partial charge in [-0.1, -0.05) is 30.3 Å². The third-order valence-electron chi connectivity index (χ3n) is 2.80. The average Bonchev–Trinajstić information content (AvgIpc) is 2.45. The molecule has 0 aliphatic heterocycles. The lowest BCUT2D eigenvalue weighted by molar-refractivity contribution is -0.109. The van der Waals surface area contributed by atoms with Crippen LogP contribution in [0.3, 0.4) is 0 Å². The van der Waals surface area contributed by atoms with Crippen molar-refractivity contribution in [3.63, 3.8) is 0 Å². The van der Waals surface area contributed by atoms with E-state index in [1.54, 1.807) is 12.1 Å². The third-order valence-corrected chi connectivity index (χ3v) is 2.80. The summed E-state index contributed by atoms with van der Waals surface area (Å²) in [7, 11) is 1.51. The zero-order valence-corrected chi connectivity index (χ0v) is 10.5. The molecule has 2 aromatic rings. The van der Waals surface area contributed by atoms with Gasteiger partial charge in [-0.3, -0.25) is 9.36 Å². The molecule has 0 bridgehead atoms. The summed E-state index contributed by atoms with van der Waals surface area (Å²) >= 11 is 0. The Bertz CT molecular complexity index is 608. The van der Waals surface area contributed by atoms with Crippen LogP contribution in [0.15, 0.2) is 47.7 Å². The van der Waals surface area contributed by atoms with Crippen LogP contribution in [0.4, 0.5) is 0 Å². The Balaban J connectivity index is 2.48. The van der Waals surface area contributed by atoms with Crippen LogP contribution in [-0.4, -0.2) is 22.9 Å². The molecule has 1 aromatic heterocycles. The molecule has 0 spiro atoms. The molecule has 5 nitrogen and oxygen atoms in total. The number of aldehydes is 1. The van der Waals surface area contributed by atoms with Crippen LogP contribution in [0.2, 0.25) is 0 Å². The third kappa shape index (κ3) is 2.77. The summed E-state index contributed by atoms with van der Waals surface area (Å²) < 4.78 is 6.26. The van der Waals surface area contributed by atoms with Gasteiger partial charge in [0.25, 0.3) is 5.56 Å². The maximum atomic E-state index is 12.2. The highest BCUT2D eigenvalue weighted by Gasteiger charge is 2.15. The first-order valence-electron chi connectivity index (χ1n) is 5.82. The Kier molecular flexibility index (Phi) is 4.20. The van der Waals surface area contributed by atoms with Crippen LogP contribution in [0.5, 0.6) is 0 Å². The summed E-state index contributed by atoms with van der Waals surface area (Å²) in [6.45, 7) is 0.174. The van der Waals surface area contributed by atoms with E-state index in [0.29, 0.717) is 5.56 Å². The van der Waals surface area contributed by atoms with Crippen LogP contribution in [0.1, 0.15) is 17.2 Å². The van der Waals surface area contributed by atoms with Gasteiger partial charge in [-0.25, -0.2) is 4.98 Å². The second kappa shape index (κ2) is 6.06. The zero-order valence-electron chi connectivity index (χ0n) is 10.5. The second-order valence-corrected chi connectivity index (χ2v) is 4.06. The predicted molar refractivity (Wildman–Crippen MR) is 69.9 cm³/mol. The van der Waals surface area contributed by atoms with Crippen LogP contribution >= 0.6 is 0 Å². The van der Waals surface area contributed by atoms with Gasteiger partial charge in [0.05, 0.1) is 18.5 Å². The van der Waals surface area contributed by atoms with Crippen molar-refractivity contribution >= 4 is 6.29 Å². The molecule has 0 aliphatic rings. The number of ether oxygens (including phenoxy) is 1. The average molecular weight is 258 g/mol. The minimum atomic E-state index is -0.669. The molecular weight excluding hydrogens is 244 g/mol. The van der Waals surface area contributed by atoms with Gasteiger partial charge in [-0.15, -0.1) is 0 Å². The fourth-order valence-electron chi connectivity index (χ4n) is 1.88. The Morgan fingerprint density at radius 3 is 2.74 bits per heavy atom. The Hall–Kier alpha value is -2.27. The Morgan fingerprint density at radius 2 is 2.11 bits per heavy atom. The molecule has 19 heavy (non-hydrogen) atoms. The number of carbonyl (C=O) groups excluding carboxylic acids is 1. The standard InChI is InChI=1S/C14H14N2O3/c1-19-9-12-7-15-10-16(14(12)18)13(8-17)11-5-3-2-4-6-11/h2-8,10,13H,9H2,1H3. The summed E-state index contributed by atoms with van der Waals surface area (Å²) in [5.74, 6) is 0. The normalized spacial score (nSPS) is 12.1. The molecule has 0 saturated heterocycles. The van der Waals surface area contributed by atoms with Crippen molar-refractivity contribution < 1.29 is 9.53 Å². The highest BCUT2D eigenvalue weighted by atomic mass is 16.5. The van der Waals surface area contributed by atoms with Crippen molar-refractivity contribution in [1.29, 1.82) is 0 Å². The molecule has 0 aliphatic carbocycles. The van der Waals surface area contributed by atoms with Crippen LogP contribution in [0.25, 0.3) is 0 Å². The van der Waals surface area contributed by atoms with Crippen molar-refractivity contribution in [2.24, 2.45) is 0 Å². The first kappa shape index (κ1) is 13.2. The van der Waals surface area contributed by atoms with Crippen molar-refractivity contribution in [3.05, 3.63) is 64.3 Å². The number of nitrogens with zero attached hydrogens (tertiary/aromatic N) is 2. The minimum Gasteiger partial charge on any atom is -0.380 e. The fraction of sp³-hybridized carbons (Fsp3) is 0.214. The molecule has 0 fully saturated rings. The molecule has 1 atom stereocenters. The predicted octanol–water partition coefficient (Wildman–Crippen LogP) is 1.18. The first-order chi connectivity index (χ1) is 9.27. The largest absolute Gasteiger partial charge is 0.380 e. The molecule has 1 heterocycles. The summed E-state index contributed by atoms with van der Waals surface area (Å²) in [5, 5.41) is 0. The summed E-state index contributed by atoms with van der Waals surface area (Å²) in [6, 6.07) is 8.43. The molecule has 2 rings (SSSR count). The summed E-state index contributed by atoms with van der Waals surface area (Å²) in [4.78, 5) is 27.5. The van der Waals surface area contributed by atoms with E-state index >= 15 is 0 Å². The highest BCUT2D eigenvalue weighted by molar-refractivity contribution is 5.62. The number of hydrogen-bond donors (Lipinski definition) is 0. The van der Waals surface area contributed by atoms with E-state index < -0.39 is 6.04 Å². The van der Waals surface area contributed by atoms with Gasteiger partial charge in [0.1, 0.15) is 12.3 Å². The van der Waals surface area contributed by atoms with Gasteiger partial charge < -0.3 is 9.53 Å². The van der Waals surface area contributed by atoms with E-state index in [2.05, 4.69) is 4.98 Å². The molecule has 0 radical (unpaired) electrons. The summed E-state index contributed by atoms with van der Waals surface area (Å²) in [5.41, 5.74) is 0.904. The molecule has 0 saturated carbocycles. The van der Waals surface area contributed by atoms with Gasteiger partial charge in [0.15, 0.2) is 0 Å². The van der Waals surface area contributed by atoms with Gasteiger partial charge in [-0.2, -0.15) is 0 Å². The topological polar surface area (TPSA) is 61.2 Å². The lowest BCUT2D eigenvalue weighted by Gasteiger charge is -2.14. The minimum absolute atomic E-state index is 0.174. The Labute approximate surface area is 110 Å². The lowest BCUT2D eigenvalue weighted by Crippen LogP contribution is -2.29. The lowest BCUT2D eigenvalue weighted by atomic mass is 10.1. The van der Waals surface area contributed by atoms with Gasteiger partial charge in [-0.05, 0) is 5.56 Å². The Morgan fingerprint density at radius 1 is 1.37 bits per heavy atom. The van der Waals surface area contributed by atoms with Crippen molar-refractivity contribution in [2.75, 3.05) is 7.11 Å². The van der Waals surface area contributed by atoms with E-state index in [0.717, 1.165) is 11.8 Å². The number of benzene rings is 1. The molecule has 0 amide bonds. The molecule has 1 unspecified atom stereocenters. The van der Waals surface area contributed by atoms with E-state index in [9.17, 15) is 9.59 Å². The van der Waals surface area contributed by atoms with Gasteiger partial charge >= 0.3 is 0 Å². The highest BCUT2D eigenvalue weighted by Crippen LogP contribution is 2.13. The number of aromatic nitrogens is 2. The summed E-state index contributed by atoms with van der Waals surface area (Å²) in [6.07, 6.45) is 3.55. The van der Waals surface area contributed by atoms with Crippen LogP contribution < -0.4 is 5.56 Å². The second-order valence-electron chi connectivity index (χ2n) is 4.06. The maximum Gasteiger partial charge on any atom is 0.259 e. The maximum absolute atomic E-state index is 12.2. The molecular formula is C14H14N2O3. The van der Waals surface area contributed by atoms with Crippen molar-refractivity contribution in [3.8, 4) is 0 Å². The van der Waals surface area contributed by atoms with Gasteiger partial charge in [0.2, 0.25) is 0 Å². The number of rotatable bonds is 5. The van der Waals surface area contributed by atoms with Crippen LogP contribution in [-0.2, 0) is 16.1 Å². The quantitative estimate of drug-likeness (QED) is 0.755. The van der Waals surface area contributed by atoms with Crippen LogP contribution in [0, 0.1) is 0 Å². The van der Waals surface area contributed by atoms with E-state index in [1.807, 2.05) is 18.2 Å². The molecule has 5 heteroatoms. The molecule has 1 aromatic carbocycles. The fourth-order valence-corrected chi connectivity index (χ4v) is 1.88. The SMILES string of the molecule is COCc1cncn(C(C=O)c2ccccc2)c1=O. The first-order valence-corrected chi connectivity index (χ1v) is 5.82. The monoisotopic (exact) mass is 258 g/mol. The van der Waals surface area contributed by atoms with Gasteiger partial charge in [0, 0.05) is 13.3 Å². The van der Waals surface area contributed by atoms with Crippen molar-refractivity contribution in [1.82, 2.24) is 9.55 Å². The number of methoxy groups -OCH3 is 1. The van der Waals surface area contributed by atoms with E-state index in [4.69, 9.17) is 4.74 Å². The van der Waals surface area contributed by atoms with Crippen molar-refractivity contribution in [2.45, 2.75) is 12.6 Å². The van der Waals surface area contributed by atoms with E-state index in [-0.39, 0.29) is 12.2 Å². The number of carbonyl (C=O) groups is 1. The zero-order chi connectivity index (χ0) is 13.7. The smallest absolute Gasteiger partial charge is 0.259 e. The molecule has 0 N–H and O–H groups in total.